The van der Waals surface area contributed by atoms with Crippen molar-refractivity contribution in [3.63, 3.8) is 0 Å². The smallest absolute Gasteiger partial charge is 0.288 e. The number of fused-ring (bicyclic) bond motifs is 4. The molecule has 31 heavy (non-hydrogen) atoms. The van der Waals surface area contributed by atoms with Crippen molar-refractivity contribution in [3.05, 3.63) is 51.5 Å². The predicted molar refractivity (Wildman–Crippen MR) is 127 cm³/mol. The summed E-state index contributed by atoms with van der Waals surface area (Å²) in [6.45, 7) is 8.29. The Kier molecular flexibility index (Phi) is 4.99. The molecule has 0 saturated heterocycles. The Morgan fingerprint density at radius 3 is 2.90 bits per heavy atom. The van der Waals surface area contributed by atoms with Crippen LogP contribution in [0.4, 0.5) is 0 Å². The maximum absolute atomic E-state index is 11.9. The predicted octanol–water partition coefficient (Wildman–Crippen LogP) is 4.11. The molecule has 0 amide bonds. The van der Waals surface area contributed by atoms with Crippen LogP contribution >= 0.6 is 11.3 Å². The van der Waals surface area contributed by atoms with Gasteiger partial charge in [-0.1, -0.05) is 31.8 Å². The van der Waals surface area contributed by atoms with Crippen LogP contribution in [-0.4, -0.2) is 44.6 Å². The monoisotopic (exact) mass is 452 g/mol. The van der Waals surface area contributed by atoms with Crippen molar-refractivity contribution < 1.29 is 4.74 Å². The highest BCUT2D eigenvalue weighted by molar-refractivity contribution is 7.19. The molecule has 0 saturated carbocycles. The molecule has 0 spiro atoms. The first-order valence-electron chi connectivity index (χ1n) is 10.2. The molecule has 0 atom stereocenters. The van der Waals surface area contributed by atoms with Crippen LogP contribution in [0.1, 0.15) is 10.6 Å². The molecule has 0 aliphatic heterocycles. The van der Waals surface area contributed by atoms with Gasteiger partial charge in [-0.3, -0.25) is 4.79 Å². The fraction of sp³-hybridized carbons (Fsp3) is 0.333. The Balaban J connectivity index is 1.39. The summed E-state index contributed by atoms with van der Waals surface area (Å²) in [7, 11) is -1.10. The number of nitrogens with zero attached hydrogens (tertiary/aromatic N) is 4. The first kappa shape index (κ1) is 20.1. The standard InChI is InChI=1S/C21H24N6O2SSi/c1-31(2,3)8-7-29-12-27-16-6-4-5-13(14(16)11-23-27)9-17-24-20-19(30-17)15-10-22-26-21(28)18(15)25-20/h4-6,10-11,25H,7-9,12H2,1-3H3,(H,26,28). The van der Waals surface area contributed by atoms with Gasteiger partial charge in [0, 0.05) is 31.9 Å². The first-order chi connectivity index (χ1) is 14.9. The van der Waals surface area contributed by atoms with E-state index in [0.29, 0.717) is 18.7 Å². The maximum atomic E-state index is 11.9. The summed E-state index contributed by atoms with van der Waals surface area (Å²) in [6.07, 6.45) is 4.28. The van der Waals surface area contributed by atoms with Crippen molar-refractivity contribution in [1.82, 2.24) is 29.9 Å². The Bertz CT molecular complexity index is 1440. The summed E-state index contributed by atoms with van der Waals surface area (Å²) in [5.74, 6) is 0. The van der Waals surface area contributed by atoms with Gasteiger partial charge in [0.05, 0.1) is 22.6 Å². The minimum Gasteiger partial charge on any atom is -0.360 e. The Morgan fingerprint density at radius 2 is 2.06 bits per heavy atom. The number of aromatic amines is 2. The molecule has 1 aromatic carbocycles. The molecule has 8 nitrogen and oxygen atoms in total. The second kappa shape index (κ2) is 7.70. The van der Waals surface area contributed by atoms with E-state index in [1.54, 1.807) is 17.5 Å². The Labute approximate surface area is 183 Å². The fourth-order valence-electron chi connectivity index (χ4n) is 3.63. The molecule has 0 bridgehead atoms. The van der Waals surface area contributed by atoms with Gasteiger partial charge in [0.15, 0.2) is 0 Å². The van der Waals surface area contributed by atoms with Crippen molar-refractivity contribution in [3.8, 4) is 0 Å². The molecule has 0 radical (unpaired) electrons. The minimum atomic E-state index is -1.10. The molecule has 2 N–H and O–H groups in total. The van der Waals surface area contributed by atoms with Crippen LogP contribution in [0.25, 0.3) is 32.2 Å². The van der Waals surface area contributed by atoms with Crippen LogP contribution in [0, 0.1) is 0 Å². The number of thiazole rings is 1. The average molecular weight is 453 g/mol. The van der Waals surface area contributed by atoms with E-state index in [1.807, 2.05) is 10.9 Å². The summed E-state index contributed by atoms with van der Waals surface area (Å²) in [6, 6.07) is 7.38. The lowest BCUT2D eigenvalue weighted by atomic mass is 10.1. The molecule has 4 heterocycles. The van der Waals surface area contributed by atoms with Crippen molar-refractivity contribution >= 4 is 51.6 Å². The van der Waals surface area contributed by atoms with Gasteiger partial charge >= 0.3 is 0 Å². The number of nitrogens with one attached hydrogen (secondary N) is 2. The number of rotatable bonds is 7. The van der Waals surface area contributed by atoms with Crippen LogP contribution in [0.15, 0.2) is 35.4 Å². The average Bonchev–Trinajstić information content (AvgIpc) is 3.39. The van der Waals surface area contributed by atoms with E-state index >= 15 is 0 Å². The molecule has 0 fully saturated rings. The summed E-state index contributed by atoms with van der Waals surface area (Å²) in [4.78, 5) is 19.8. The number of aromatic nitrogens is 6. The Hall–Kier alpha value is -2.82. The van der Waals surface area contributed by atoms with Crippen LogP contribution in [0.2, 0.25) is 25.7 Å². The van der Waals surface area contributed by atoms with Crippen molar-refractivity contribution in [2.75, 3.05) is 6.61 Å². The normalized spacial score (nSPS) is 12.5. The van der Waals surface area contributed by atoms with E-state index in [4.69, 9.17) is 9.72 Å². The molecule has 5 aromatic rings. The van der Waals surface area contributed by atoms with Gasteiger partial charge in [0.2, 0.25) is 0 Å². The second-order valence-electron chi connectivity index (χ2n) is 8.92. The van der Waals surface area contributed by atoms with Gasteiger partial charge in [-0.2, -0.15) is 10.2 Å². The zero-order valence-corrected chi connectivity index (χ0v) is 19.5. The van der Waals surface area contributed by atoms with E-state index in [2.05, 4.69) is 58.1 Å². The second-order valence-corrected chi connectivity index (χ2v) is 15.6. The Morgan fingerprint density at radius 1 is 1.19 bits per heavy atom. The molecule has 160 valence electrons. The topological polar surface area (TPSA) is 101 Å². The third kappa shape index (κ3) is 3.93. The summed E-state index contributed by atoms with van der Waals surface area (Å²) in [5, 5.41) is 13.8. The van der Waals surface area contributed by atoms with Gasteiger partial charge in [-0.25, -0.2) is 14.8 Å². The summed E-state index contributed by atoms with van der Waals surface area (Å²) >= 11 is 1.59. The molecular weight excluding hydrogens is 428 g/mol. The van der Waals surface area contributed by atoms with E-state index in [-0.39, 0.29) is 5.56 Å². The molecule has 5 rings (SSSR count). The van der Waals surface area contributed by atoms with Gasteiger partial charge < -0.3 is 9.72 Å². The van der Waals surface area contributed by atoms with Crippen LogP contribution in [0.3, 0.4) is 0 Å². The van der Waals surface area contributed by atoms with E-state index in [1.165, 1.54) is 5.56 Å². The van der Waals surface area contributed by atoms with Crippen LogP contribution < -0.4 is 5.56 Å². The summed E-state index contributed by atoms with van der Waals surface area (Å²) < 4.78 is 8.76. The number of hydrogen-bond donors (Lipinski definition) is 2. The third-order valence-corrected chi connectivity index (χ3v) is 8.14. The van der Waals surface area contributed by atoms with Gasteiger partial charge in [-0.15, -0.1) is 11.3 Å². The third-order valence-electron chi connectivity index (χ3n) is 5.34. The van der Waals surface area contributed by atoms with E-state index < -0.39 is 8.07 Å². The van der Waals surface area contributed by atoms with Gasteiger partial charge in [-0.05, 0) is 17.7 Å². The number of H-pyrrole nitrogens is 2. The van der Waals surface area contributed by atoms with Gasteiger partial charge in [0.25, 0.3) is 5.56 Å². The molecular formula is C21H24N6O2SSi. The van der Waals surface area contributed by atoms with Crippen molar-refractivity contribution in [1.29, 1.82) is 0 Å². The minimum absolute atomic E-state index is 0.228. The number of ether oxygens (including phenoxy) is 1. The highest BCUT2D eigenvalue weighted by Gasteiger charge is 2.15. The van der Waals surface area contributed by atoms with E-state index in [9.17, 15) is 4.79 Å². The first-order valence-corrected chi connectivity index (χ1v) is 14.8. The molecule has 0 aliphatic rings. The van der Waals surface area contributed by atoms with Gasteiger partial charge in [0.1, 0.15) is 22.9 Å². The molecule has 4 aromatic heterocycles. The quantitative estimate of drug-likeness (QED) is 0.286. The lowest BCUT2D eigenvalue weighted by Crippen LogP contribution is -2.22. The zero-order valence-electron chi connectivity index (χ0n) is 17.7. The number of hydrogen-bond acceptors (Lipinski definition) is 6. The van der Waals surface area contributed by atoms with Crippen LogP contribution in [-0.2, 0) is 17.9 Å². The lowest BCUT2D eigenvalue weighted by Gasteiger charge is -2.15. The van der Waals surface area contributed by atoms with Crippen molar-refractivity contribution in [2.45, 2.75) is 38.8 Å². The molecule has 0 aliphatic carbocycles. The molecule has 0 unspecified atom stereocenters. The zero-order chi connectivity index (χ0) is 21.6. The highest BCUT2D eigenvalue weighted by atomic mass is 32.1. The lowest BCUT2D eigenvalue weighted by molar-refractivity contribution is 0.0817. The van der Waals surface area contributed by atoms with Crippen molar-refractivity contribution in [2.24, 2.45) is 0 Å². The van der Waals surface area contributed by atoms with Crippen LogP contribution in [0.5, 0.6) is 0 Å². The fourth-order valence-corrected chi connectivity index (χ4v) is 5.45. The largest absolute Gasteiger partial charge is 0.360 e. The summed E-state index contributed by atoms with van der Waals surface area (Å²) in [5.41, 5.74) is 3.25. The highest BCUT2D eigenvalue weighted by Crippen LogP contribution is 2.30. The SMILES string of the molecule is C[Si](C)(C)CCOCn1ncc2c(Cc3nc4[nH]c5c(=O)[nH]ncc5c4s3)cccc21. The van der Waals surface area contributed by atoms with E-state index in [0.717, 1.165) is 44.3 Å². The maximum Gasteiger partial charge on any atom is 0.288 e. The molecule has 10 heteroatoms. The number of benzene rings is 1.